The maximum Gasteiger partial charge on any atom is 0.243 e. The van der Waals surface area contributed by atoms with E-state index in [9.17, 15) is 8.42 Å². The topological polar surface area (TPSA) is 76.0 Å². The van der Waals surface area contributed by atoms with E-state index in [1.54, 1.807) is 22.6 Å². The minimum atomic E-state index is -3.44. The molecule has 0 spiro atoms. The van der Waals surface area contributed by atoms with Gasteiger partial charge in [0.1, 0.15) is 4.90 Å². The van der Waals surface area contributed by atoms with Crippen molar-refractivity contribution in [1.29, 1.82) is 0 Å². The summed E-state index contributed by atoms with van der Waals surface area (Å²) in [5.41, 5.74) is 0. The van der Waals surface area contributed by atoms with E-state index in [2.05, 4.69) is 15.1 Å². The van der Waals surface area contributed by atoms with Crippen molar-refractivity contribution in [2.45, 2.75) is 47.9 Å². The Kier molecular flexibility index (Phi) is 4.31. The van der Waals surface area contributed by atoms with Crippen molar-refractivity contribution in [2.75, 3.05) is 19.3 Å². The zero-order valence-corrected chi connectivity index (χ0v) is 13.8. The lowest BCUT2D eigenvalue weighted by atomic mass is 10.4. The summed E-state index contributed by atoms with van der Waals surface area (Å²) in [5.74, 6) is 0. The van der Waals surface area contributed by atoms with Crippen LogP contribution in [-0.2, 0) is 16.6 Å². The van der Waals surface area contributed by atoms with Crippen LogP contribution in [-0.4, -0.2) is 48.3 Å². The first-order valence-electron chi connectivity index (χ1n) is 7.34. The number of sulfonamides is 1. The molecule has 0 aliphatic heterocycles. The molecule has 2 N–H and O–H groups in total. The van der Waals surface area contributed by atoms with Gasteiger partial charge in [-0.3, -0.25) is 4.68 Å². The quantitative estimate of drug-likeness (QED) is 0.701. The van der Waals surface area contributed by atoms with Crippen LogP contribution in [0.15, 0.2) is 17.3 Å². The number of hydrogen-bond acceptors (Lipinski definition) is 5. The van der Waals surface area contributed by atoms with Gasteiger partial charge in [-0.05, 0) is 31.9 Å². The SMILES string of the molecule is CSC1(CNS(=O)(=O)c2cnn(CCNC3CC3)c2)CC1. The Labute approximate surface area is 130 Å². The average Bonchev–Trinajstić information content (AvgIpc) is 3.37. The van der Waals surface area contributed by atoms with Crippen LogP contribution < -0.4 is 10.0 Å². The second-order valence-corrected chi connectivity index (χ2v) is 8.92. The fourth-order valence-electron chi connectivity index (χ4n) is 2.18. The van der Waals surface area contributed by atoms with Gasteiger partial charge in [-0.15, -0.1) is 0 Å². The number of rotatable bonds is 9. The van der Waals surface area contributed by atoms with Crippen LogP contribution in [0.2, 0.25) is 0 Å². The Hall–Kier alpha value is -0.570. The number of hydrogen-bond donors (Lipinski definition) is 2. The molecule has 21 heavy (non-hydrogen) atoms. The van der Waals surface area contributed by atoms with E-state index in [0.29, 0.717) is 19.1 Å². The smallest absolute Gasteiger partial charge is 0.243 e. The lowest BCUT2D eigenvalue weighted by molar-refractivity contribution is 0.551. The van der Waals surface area contributed by atoms with Gasteiger partial charge in [-0.25, -0.2) is 13.1 Å². The summed E-state index contributed by atoms with van der Waals surface area (Å²) < 4.78 is 29.0. The third-order valence-electron chi connectivity index (χ3n) is 4.10. The minimum absolute atomic E-state index is 0.122. The number of nitrogens with zero attached hydrogens (tertiary/aromatic N) is 2. The highest BCUT2D eigenvalue weighted by molar-refractivity contribution is 8.00. The van der Waals surface area contributed by atoms with E-state index in [4.69, 9.17) is 0 Å². The minimum Gasteiger partial charge on any atom is -0.312 e. The molecule has 8 heteroatoms. The van der Waals surface area contributed by atoms with Crippen molar-refractivity contribution < 1.29 is 8.42 Å². The van der Waals surface area contributed by atoms with E-state index in [0.717, 1.165) is 19.4 Å². The Bertz CT molecular complexity index is 591. The van der Waals surface area contributed by atoms with Crippen LogP contribution in [0.1, 0.15) is 25.7 Å². The Morgan fingerprint density at radius 1 is 1.48 bits per heavy atom. The summed E-state index contributed by atoms with van der Waals surface area (Å²) in [7, 11) is -3.44. The van der Waals surface area contributed by atoms with E-state index in [1.807, 2.05) is 6.26 Å². The van der Waals surface area contributed by atoms with Crippen molar-refractivity contribution in [2.24, 2.45) is 0 Å². The van der Waals surface area contributed by atoms with Crippen LogP contribution >= 0.6 is 11.8 Å². The van der Waals surface area contributed by atoms with Crippen molar-refractivity contribution in [3.8, 4) is 0 Å². The summed E-state index contributed by atoms with van der Waals surface area (Å²) in [6.45, 7) is 2.03. The van der Waals surface area contributed by atoms with Gasteiger partial charge in [0, 0.05) is 30.1 Å². The molecule has 0 amide bonds. The molecule has 1 aromatic rings. The zero-order chi connectivity index (χ0) is 14.9. The highest BCUT2D eigenvalue weighted by atomic mass is 32.2. The maximum absolute atomic E-state index is 12.2. The monoisotopic (exact) mass is 330 g/mol. The Morgan fingerprint density at radius 3 is 2.86 bits per heavy atom. The Morgan fingerprint density at radius 2 is 2.24 bits per heavy atom. The molecule has 0 bridgehead atoms. The second kappa shape index (κ2) is 5.91. The van der Waals surface area contributed by atoms with Gasteiger partial charge in [-0.1, -0.05) is 0 Å². The van der Waals surface area contributed by atoms with Crippen LogP contribution in [0.25, 0.3) is 0 Å². The highest BCUT2D eigenvalue weighted by Gasteiger charge is 2.42. The predicted molar refractivity (Wildman–Crippen MR) is 83.9 cm³/mol. The first-order chi connectivity index (χ1) is 10.0. The molecule has 0 atom stereocenters. The van der Waals surface area contributed by atoms with Gasteiger partial charge in [0.25, 0.3) is 0 Å². The largest absolute Gasteiger partial charge is 0.312 e. The number of thioether (sulfide) groups is 1. The van der Waals surface area contributed by atoms with E-state index < -0.39 is 10.0 Å². The van der Waals surface area contributed by atoms with Gasteiger partial charge in [0.2, 0.25) is 10.0 Å². The molecular weight excluding hydrogens is 308 g/mol. The molecule has 1 heterocycles. The van der Waals surface area contributed by atoms with Gasteiger partial charge in [-0.2, -0.15) is 16.9 Å². The van der Waals surface area contributed by atoms with Crippen LogP contribution in [0, 0.1) is 0 Å². The average molecular weight is 330 g/mol. The number of aromatic nitrogens is 2. The summed E-state index contributed by atoms with van der Waals surface area (Å²) >= 11 is 1.74. The van der Waals surface area contributed by atoms with Crippen LogP contribution in [0.4, 0.5) is 0 Å². The predicted octanol–water partition coefficient (Wildman–Crippen LogP) is 0.809. The molecule has 0 radical (unpaired) electrons. The van der Waals surface area contributed by atoms with Gasteiger partial charge >= 0.3 is 0 Å². The summed E-state index contributed by atoms with van der Waals surface area (Å²) in [5, 5.41) is 7.52. The zero-order valence-electron chi connectivity index (χ0n) is 12.2. The molecule has 118 valence electrons. The first-order valence-corrected chi connectivity index (χ1v) is 10.0. The molecule has 2 aliphatic rings. The molecule has 2 fully saturated rings. The normalized spacial score (nSPS) is 20.6. The maximum atomic E-state index is 12.2. The fourth-order valence-corrected chi connectivity index (χ4v) is 4.08. The molecule has 2 saturated carbocycles. The third-order valence-corrected chi connectivity index (χ3v) is 6.87. The highest BCUT2D eigenvalue weighted by Crippen LogP contribution is 2.46. The van der Waals surface area contributed by atoms with Gasteiger partial charge in [0.05, 0.1) is 12.7 Å². The van der Waals surface area contributed by atoms with Crippen LogP contribution in [0.5, 0.6) is 0 Å². The molecule has 0 unspecified atom stereocenters. The summed E-state index contributed by atoms with van der Waals surface area (Å²) in [6.07, 6.45) is 9.74. The lowest BCUT2D eigenvalue weighted by Crippen LogP contribution is -2.31. The molecule has 3 rings (SSSR count). The van der Waals surface area contributed by atoms with E-state index in [-0.39, 0.29) is 9.64 Å². The van der Waals surface area contributed by atoms with Crippen molar-refractivity contribution >= 4 is 21.8 Å². The van der Waals surface area contributed by atoms with Crippen molar-refractivity contribution in [3.05, 3.63) is 12.4 Å². The molecule has 0 saturated heterocycles. The van der Waals surface area contributed by atoms with Crippen molar-refractivity contribution in [1.82, 2.24) is 19.8 Å². The van der Waals surface area contributed by atoms with Crippen LogP contribution in [0.3, 0.4) is 0 Å². The third kappa shape index (κ3) is 4.00. The number of nitrogens with one attached hydrogen (secondary N) is 2. The summed E-state index contributed by atoms with van der Waals surface area (Å²) in [4.78, 5) is 0.255. The Balaban J connectivity index is 1.53. The lowest BCUT2D eigenvalue weighted by Gasteiger charge is -2.12. The van der Waals surface area contributed by atoms with Gasteiger partial charge < -0.3 is 5.32 Å². The van der Waals surface area contributed by atoms with Gasteiger partial charge in [0.15, 0.2) is 0 Å². The molecule has 6 nitrogen and oxygen atoms in total. The molecule has 1 aromatic heterocycles. The van der Waals surface area contributed by atoms with E-state index >= 15 is 0 Å². The van der Waals surface area contributed by atoms with E-state index in [1.165, 1.54) is 19.0 Å². The standard InChI is InChI=1S/C13H22N4O2S2/c1-20-13(4-5-13)10-16-21(18,19)12-8-15-17(9-12)7-6-14-11-2-3-11/h8-9,11,14,16H,2-7,10H2,1H3. The first kappa shape index (κ1) is 15.3. The fraction of sp³-hybridized carbons (Fsp3) is 0.769. The second-order valence-electron chi connectivity index (χ2n) is 5.88. The molecule has 0 aromatic carbocycles. The van der Waals surface area contributed by atoms with Crippen molar-refractivity contribution in [3.63, 3.8) is 0 Å². The molecular formula is C13H22N4O2S2. The molecule has 2 aliphatic carbocycles. The summed E-state index contributed by atoms with van der Waals surface area (Å²) in [6, 6.07) is 0.659.